The molecule has 0 amide bonds. The first-order valence-electron chi connectivity index (χ1n) is 8.80. The summed E-state index contributed by atoms with van der Waals surface area (Å²) in [5, 5.41) is 12.6. The van der Waals surface area contributed by atoms with Crippen LogP contribution < -0.4 is 0 Å². The van der Waals surface area contributed by atoms with Gasteiger partial charge in [0.2, 0.25) is 0 Å². The molecule has 5 aromatic rings. The first-order valence-corrected chi connectivity index (χ1v) is 8.80. The Labute approximate surface area is 155 Å². The molecule has 0 radical (unpaired) electrons. The van der Waals surface area contributed by atoms with Crippen LogP contribution in [-0.2, 0) is 0 Å². The molecular weight excluding hydrogens is 337 g/mol. The van der Waals surface area contributed by atoms with E-state index in [1.165, 1.54) is 0 Å². The molecule has 0 aliphatic carbocycles. The first kappa shape index (κ1) is 15.6. The Morgan fingerprint density at radius 2 is 1.37 bits per heavy atom. The van der Waals surface area contributed by atoms with E-state index in [1.54, 1.807) is 18.2 Å². The zero-order valence-electron chi connectivity index (χ0n) is 14.4. The Hall–Kier alpha value is -3.59. The number of benzene rings is 4. The minimum atomic E-state index is -0.335. The van der Waals surface area contributed by atoms with Gasteiger partial charge in [0.1, 0.15) is 11.6 Å². The Kier molecular flexibility index (Phi) is 3.47. The molecule has 0 atom stereocenters. The fourth-order valence-corrected chi connectivity index (χ4v) is 3.68. The minimum absolute atomic E-state index is 0.0539. The first-order chi connectivity index (χ1) is 13.2. The molecule has 0 unspecified atom stereocenters. The van der Waals surface area contributed by atoms with E-state index in [4.69, 9.17) is 0 Å². The van der Waals surface area contributed by atoms with Crippen LogP contribution in [0.3, 0.4) is 0 Å². The standard InChI is InChI=1S/C24H16FNO/c25-24-16(15-7-2-1-3-8-15)10-6-11-18(24)20-13-19-17-9-4-5-12-21(17)26-22(19)14-23(20)27/h1-14,26-27H. The lowest BCUT2D eigenvalue weighted by atomic mass is 9.96. The van der Waals surface area contributed by atoms with Crippen molar-refractivity contribution in [3.63, 3.8) is 0 Å². The van der Waals surface area contributed by atoms with Crippen molar-refractivity contribution in [3.05, 3.63) is 90.7 Å². The maximum absolute atomic E-state index is 15.3. The van der Waals surface area contributed by atoms with E-state index in [9.17, 15) is 5.11 Å². The molecule has 0 bridgehead atoms. The summed E-state index contributed by atoms with van der Waals surface area (Å²) in [7, 11) is 0. The van der Waals surface area contributed by atoms with Gasteiger partial charge in [-0.05, 0) is 17.7 Å². The number of hydrogen-bond donors (Lipinski definition) is 2. The smallest absolute Gasteiger partial charge is 0.138 e. The van der Waals surface area contributed by atoms with E-state index in [0.717, 1.165) is 27.4 Å². The van der Waals surface area contributed by atoms with E-state index in [2.05, 4.69) is 4.98 Å². The van der Waals surface area contributed by atoms with E-state index < -0.39 is 0 Å². The maximum Gasteiger partial charge on any atom is 0.138 e. The van der Waals surface area contributed by atoms with E-state index in [1.807, 2.05) is 66.7 Å². The van der Waals surface area contributed by atoms with Gasteiger partial charge in [-0.25, -0.2) is 4.39 Å². The monoisotopic (exact) mass is 353 g/mol. The number of phenolic OH excluding ortho intramolecular Hbond substituents is 1. The van der Waals surface area contributed by atoms with Crippen molar-refractivity contribution in [1.82, 2.24) is 4.98 Å². The molecule has 0 aliphatic rings. The van der Waals surface area contributed by atoms with Crippen LogP contribution >= 0.6 is 0 Å². The summed E-state index contributed by atoms with van der Waals surface area (Å²) in [6.45, 7) is 0. The normalized spacial score (nSPS) is 11.3. The molecule has 1 heterocycles. The van der Waals surface area contributed by atoms with Gasteiger partial charge in [0.25, 0.3) is 0 Å². The van der Waals surface area contributed by atoms with Crippen LogP contribution in [0.4, 0.5) is 4.39 Å². The number of fused-ring (bicyclic) bond motifs is 3. The van der Waals surface area contributed by atoms with Crippen molar-refractivity contribution in [3.8, 4) is 28.0 Å². The lowest BCUT2D eigenvalue weighted by Gasteiger charge is -2.11. The molecule has 0 fully saturated rings. The van der Waals surface area contributed by atoms with Gasteiger partial charge in [-0.1, -0.05) is 66.7 Å². The summed E-state index contributed by atoms with van der Waals surface area (Å²) in [4.78, 5) is 3.30. The van der Waals surface area contributed by atoms with Crippen LogP contribution in [-0.4, -0.2) is 10.1 Å². The number of aromatic amines is 1. The van der Waals surface area contributed by atoms with Crippen LogP contribution in [0.25, 0.3) is 44.1 Å². The zero-order chi connectivity index (χ0) is 18.4. The second kappa shape index (κ2) is 5.99. The molecule has 2 N–H and O–H groups in total. The van der Waals surface area contributed by atoms with Crippen molar-refractivity contribution in [2.75, 3.05) is 0 Å². The molecule has 0 aliphatic heterocycles. The summed E-state index contributed by atoms with van der Waals surface area (Å²) < 4.78 is 15.3. The maximum atomic E-state index is 15.3. The Morgan fingerprint density at radius 1 is 0.630 bits per heavy atom. The molecule has 4 aromatic carbocycles. The summed E-state index contributed by atoms with van der Waals surface area (Å²) in [5.74, 6) is -0.281. The Bertz CT molecular complexity index is 1290. The second-order valence-corrected chi connectivity index (χ2v) is 6.62. The molecule has 27 heavy (non-hydrogen) atoms. The highest BCUT2D eigenvalue weighted by Gasteiger charge is 2.16. The van der Waals surface area contributed by atoms with Crippen molar-refractivity contribution >= 4 is 21.8 Å². The molecule has 0 spiro atoms. The third kappa shape index (κ3) is 2.48. The number of hydrogen-bond acceptors (Lipinski definition) is 1. The number of halogens is 1. The summed E-state index contributed by atoms with van der Waals surface area (Å²) in [5.41, 5.74) is 4.03. The highest BCUT2D eigenvalue weighted by molar-refractivity contribution is 6.09. The SMILES string of the molecule is Oc1cc2[nH]c3ccccc3c2cc1-c1cccc(-c2ccccc2)c1F. The number of phenols is 1. The van der Waals surface area contributed by atoms with Crippen LogP contribution in [0.5, 0.6) is 5.75 Å². The van der Waals surface area contributed by atoms with Crippen LogP contribution in [0.2, 0.25) is 0 Å². The summed E-state index contributed by atoms with van der Waals surface area (Å²) in [6, 6.07) is 26.2. The predicted octanol–water partition coefficient (Wildman–Crippen LogP) is 6.50. The average molecular weight is 353 g/mol. The van der Waals surface area contributed by atoms with Gasteiger partial charge in [-0.3, -0.25) is 0 Å². The largest absolute Gasteiger partial charge is 0.507 e. The van der Waals surface area contributed by atoms with Crippen LogP contribution in [0.1, 0.15) is 0 Å². The third-order valence-corrected chi connectivity index (χ3v) is 5.00. The molecular formula is C24H16FNO. The molecule has 130 valence electrons. The minimum Gasteiger partial charge on any atom is -0.507 e. The number of rotatable bonds is 2. The summed E-state index contributed by atoms with van der Waals surface area (Å²) >= 11 is 0. The molecule has 2 nitrogen and oxygen atoms in total. The van der Waals surface area contributed by atoms with Gasteiger partial charge < -0.3 is 10.1 Å². The number of nitrogens with one attached hydrogen (secondary N) is 1. The van der Waals surface area contributed by atoms with Crippen molar-refractivity contribution < 1.29 is 9.50 Å². The van der Waals surface area contributed by atoms with Crippen LogP contribution in [0.15, 0.2) is 84.9 Å². The summed E-state index contributed by atoms with van der Waals surface area (Å²) in [6.07, 6.45) is 0. The van der Waals surface area contributed by atoms with Gasteiger partial charge >= 0.3 is 0 Å². The number of H-pyrrole nitrogens is 1. The Balaban J connectivity index is 1.76. The number of para-hydroxylation sites is 1. The second-order valence-electron chi connectivity index (χ2n) is 6.62. The lowest BCUT2D eigenvalue weighted by molar-refractivity contribution is 0.477. The van der Waals surface area contributed by atoms with Gasteiger partial charge in [-0.15, -0.1) is 0 Å². The van der Waals surface area contributed by atoms with E-state index >= 15 is 4.39 Å². The van der Waals surface area contributed by atoms with E-state index in [0.29, 0.717) is 16.7 Å². The van der Waals surface area contributed by atoms with Gasteiger partial charge in [0.15, 0.2) is 0 Å². The van der Waals surface area contributed by atoms with Crippen molar-refractivity contribution in [2.45, 2.75) is 0 Å². The van der Waals surface area contributed by atoms with Gasteiger partial charge in [0, 0.05) is 39.0 Å². The zero-order valence-corrected chi connectivity index (χ0v) is 14.4. The van der Waals surface area contributed by atoms with Crippen molar-refractivity contribution in [1.29, 1.82) is 0 Å². The topological polar surface area (TPSA) is 36.0 Å². The van der Waals surface area contributed by atoms with Gasteiger partial charge in [-0.2, -0.15) is 0 Å². The molecule has 0 saturated heterocycles. The molecule has 3 heteroatoms. The average Bonchev–Trinajstić information content (AvgIpc) is 3.05. The highest BCUT2D eigenvalue weighted by atomic mass is 19.1. The lowest BCUT2D eigenvalue weighted by Crippen LogP contribution is -1.90. The number of aromatic hydroxyl groups is 1. The van der Waals surface area contributed by atoms with Crippen LogP contribution in [0, 0.1) is 5.82 Å². The fraction of sp³-hybridized carbons (Fsp3) is 0. The van der Waals surface area contributed by atoms with Gasteiger partial charge in [0.05, 0.1) is 5.52 Å². The molecule has 0 saturated carbocycles. The number of aromatic nitrogens is 1. The molecule has 5 rings (SSSR count). The van der Waals surface area contributed by atoms with Crippen molar-refractivity contribution in [2.24, 2.45) is 0 Å². The van der Waals surface area contributed by atoms with E-state index in [-0.39, 0.29) is 11.6 Å². The fourth-order valence-electron chi connectivity index (χ4n) is 3.68. The Morgan fingerprint density at radius 3 is 2.22 bits per heavy atom. The quantitative estimate of drug-likeness (QED) is 0.373. The highest BCUT2D eigenvalue weighted by Crippen LogP contribution is 2.39. The molecule has 1 aromatic heterocycles. The third-order valence-electron chi connectivity index (χ3n) is 5.00. The predicted molar refractivity (Wildman–Crippen MR) is 108 cm³/mol.